The first kappa shape index (κ1) is 13.5. The van der Waals surface area contributed by atoms with Crippen LogP contribution in [0.25, 0.3) is 0 Å². The predicted octanol–water partition coefficient (Wildman–Crippen LogP) is 2.89. The van der Waals surface area contributed by atoms with Crippen LogP contribution >= 0.6 is 0 Å². The molecule has 1 fully saturated rings. The van der Waals surface area contributed by atoms with Gasteiger partial charge in [-0.15, -0.1) is 0 Å². The van der Waals surface area contributed by atoms with Crippen LogP contribution in [0.15, 0.2) is 18.2 Å². The number of carbonyl (C=O) groups is 1. The van der Waals surface area contributed by atoms with Crippen molar-refractivity contribution in [3.8, 4) is 0 Å². The fraction of sp³-hybridized carbons (Fsp3) is 0.500. The van der Waals surface area contributed by atoms with E-state index in [9.17, 15) is 14.9 Å². The van der Waals surface area contributed by atoms with Gasteiger partial charge in [-0.25, -0.2) is 0 Å². The summed E-state index contributed by atoms with van der Waals surface area (Å²) in [6.45, 7) is 5.97. The van der Waals surface area contributed by atoms with Crippen LogP contribution in [0, 0.1) is 22.0 Å². The fourth-order valence-corrected chi connectivity index (χ4v) is 2.89. The first-order valence-electron chi connectivity index (χ1n) is 6.49. The second-order valence-electron chi connectivity index (χ2n) is 5.47. The molecule has 2 atom stereocenters. The normalized spacial score (nSPS) is 23.2. The van der Waals surface area contributed by atoms with E-state index in [1.807, 2.05) is 0 Å². The van der Waals surface area contributed by atoms with Crippen molar-refractivity contribution < 1.29 is 9.72 Å². The summed E-state index contributed by atoms with van der Waals surface area (Å²) in [7, 11) is 0. The van der Waals surface area contributed by atoms with E-state index >= 15 is 0 Å². The van der Waals surface area contributed by atoms with Gasteiger partial charge in [-0.3, -0.25) is 14.9 Å². The Labute approximate surface area is 112 Å². The van der Waals surface area contributed by atoms with Gasteiger partial charge in [0, 0.05) is 24.7 Å². The number of rotatable bonds is 3. The summed E-state index contributed by atoms with van der Waals surface area (Å²) in [6.07, 6.45) is 1.79. The van der Waals surface area contributed by atoms with Gasteiger partial charge in [0.25, 0.3) is 5.69 Å². The van der Waals surface area contributed by atoms with Crippen molar-refractivity contribution in [2.24, 2.45) is 11.8 Å². The molecule has 0 unspecified atom stereocenters. The Hall–Kier alpha value is -1.91. The van der Waals surface area contributed by atoms with Gasteiger partial charge in [0.2, 0.25) is 0 Å². The highest BCUT2D eigenvalue weighted by Gasteiger charge is 2.27. The van der Waals surface area contributed by atoms with Crippen molar-refractivity contribution in [1.29, 1.82) is 0 Å². The summed E-state index contributed by atoms with van der Waals surface area (Å²) in [4.78, 5) is 23.5. The maximum Gasteiger partial charge on any atom is 0.293 e. The predicted molar refractivity (Wildman–Crippen MR) is 73.6 cm³/mol. The Balaban J connectivity index is 2.38. The maximum absolute atomic E-state index is 11.2. The van der Waals surface area contributed by atoms with Crippen LogP contribution in [0.1, 0.15) is 30.6 Å². The molecule has 0 bridgehead atoms. The van der Waals surface area contributed by atoms with Crippen molar-refractivity contribution in [1.82, 2.24) is 0 Å². The summed E-state index contributed by atoms with van der Waals surface area (Å²) in [5, 5.41) is 11.2. The molecule has 0 radical (unpaired) electrons. The van der Waals surface area contributed by atoms with Gasteiger partial charge in [-0.05, 0) is 30.4 Å². The molecule has 1 aliphatic rings. The van der Waals surface area contributed by atoms with Crippen LogP contribution in [0.2, 0.25) is 0 Å². The summed E-state index contributed by atoms with van der Waals surface area (Å²) in [5.74, 6) is 1.04. The molecule has 1 aromatic rings. The van der Waals surface area contributed by atoms with E-state index in [1.54, 1.807) is 12.1 Å². The number of nitro benzene ring substituents is 1. The Morgan fingerprint density at radius 3 is 2.47 bits per heavy atom. The molecule has 1 aliphatic heterocycles. The van der Waals surface area contributed by atoms with Crippen LogP contribution < -0.4 is 4.90 Å². The Bertz CT molecular complexity index is 491. The molecule has 1 heterocycles. The molecule has 2 rings (SSSR count). The number of nitro groups is 1. The largest absolute Gasteiger partial charge is 0.365 e. The summed E-state index contributed by atoms with van der Waals surface area (Å²) in [6, 6.07) is 4.68. The lowest BCUT2D eigenvalue weighted by Crippen LogP contribution is -2.39. The van der Waals surface area contributed by atoms with Gasteiger partial charge in [0.15, 0.2) is 0 Å². The van der Waals surface area contributed by atoms with Crippen LogP contribution in [-0.4, -0.2) is 24.3 Å². The Morgan fingerprint density at radius 1 is 1.32 bits per heavy atom. The number of hydrogen-bond acceptors (Lipinski definition) is 4. The zero-order valence-electron chi connectivity index (χ0n) is 11.2. The van der Waals surface area contributed by atoms with Crippen LogP contribution in [0.5, 0.6) is 0 Å². The van der Waals surface area contributed by atoms with Crippen LogP contribution in [-0.2, 0) is 0 Å². The average molecular weight is 262 g/mol. The number of hydrogen-bond donors (Lipinski definition) is 0. The van der Waals surface area contributed by atoms with E-state index in [2.05, 4.69) is 18.7 Å². The quantitative estimate of drug-likeness (QED) is 0.477. The third-order valence-corrected chi connectivity index (χ3v) is 3.54. The smallest absolute Gasteiger partial charge is 0.293 e. The Kier molecular flexibility index (Phi) is 3.83. The molecule has 5 heteroatoms. The standard InChI is InChI=1S/C14H18N2O3/c1-10-5-11(2)8-15(7-10)13-4-3-12(9-17)6-14(13)16(18)19/h3-4,6,9-11H,5,7-8H2,1-2H3/t10-,11-/m1/s1. The van der Waals surface area contributed by atoms with Crippen molar-refractivity contribution in [2.75, 3.05) is 18.0 Å². The van der Waals surface area contributed by atoms with Crippen LogP contribution in [0.4, 0.5) is 11.4 Å². The van der Waals surface area contributed by atoms with Gasteiger partial charge in [0.1, 0.15) is 12.0 Å². The molecule has 1 saturated heterocycles. The van der Waals surface area contributed by atoms with Crippen molar-refractivity contribution in [3.05, 3.63) is 33.9 Å². The molecule has 102 valence electrons. The molecular weight excluding hydrogens is 244 g/mol. The molecule has 1 aromatic carbocycles. The van der Waals surface area contributed by atoms with Crippen molar-refractivity contribution >= 4 is 17.7 Å². The lowest BCUT2D eigenvalue weighted by atomic mass is 9.91. The van der Waals surface area contributed by atoms with Crippen molar-refractivity contribution in [2.45, 2.75) is 20.3 Å². The van der Waals surface area contributed by atoms with Crippen LogP contribution in [0.3, 0.4) is 0 Å². The van der Waals surface area contributed by atoms with Gasteiger partial charge < -0.3 is 4.90 Å². The van der Waals surface area contributed by atoms with Gasteiger partial charge in [0.05, 0.1) is 4.92 Å². The molecule has 0 aliphatic carbocycles. The SMILES string of the molecule is C[C@@H]1C[C@@H](C)CN(c2ccc(C=O)cc2[N+](=O)[O-])C1. The van der Waals surface area contributed by atoms with Gasteiger partial charge in [-0.2, -0.15) is 0 Å². The van der Waals surface area contributed by atoms with E-state index in [-0.39, 0.29) is 5.69 Å². The minimum atomic E-state index is -0.410. The minimum Gasteiger partial charge on any atom is -0.365 e. The van der Waals surface area contributed by atoms with E-state index in [0.29, 0.717) is 29.4 Å². The molecule has 0 aromatic heterocycles. The highest BCUT2D eigenvalue weighted by molar-refractivity contribution is 5.79. The summed E-state index contributed by atoms with van der Waals surface area (Å²) in [5.41, 5.74) is 0.980. The second-order valence-corrected chi connectivity index (χ2v) is 5.47. The zero-order chi connectivity index (χ0) is 14.0. The summed E-state index contributed by atoms with van der Waals surface area (Å²) >= 11 is 0. The van der Waals surface area contributed by atoms with Gasteiger partial charge in [-0.1, -0.05) is 13.8 Å². The molecule has 19 heavy (non-hydrogen) atoms. The molecule has 0 spiro atoms. The second kappa shape index (κ2) is 5.38. The highest BCUT2D eigenvalue weighted by Crippen LogP contribution is 2.33. The number of carbonyl (C=O) groups excluding carboxylic acids is 1. The first-order valence-corrected chi connectivity index (χ1v) is 6.49. The molecule has 0 N–H and O–H groups in total. The third kappa shape index (κ3) is 2.92. The monoisotopic (exact) mass is 262 g/mol. The van der Waals surface area contributed by atoms with E-state index in [0.717, 1.165) is 19.5 Å². The number of nitrogens with zero attached hydrogens (tertiary/aromatic N) is 2. The van der Waals surface area contributed by atoms with E-state index in [4.69, 9.17) is 0 Å². The number of aldehydes is 1. The average Bonchev–Trinajstić information content (AvgIpc) is 2.36. The molecular formula is C14H18N2O3. The Morgan fingerprint density at radius 2 is 1.95 bits per heavy atom. The minimum absolute atomic E-state index is 0.0194. The molecule has 5 nitrogen and oxygen atoms in total. The maximum atomic E-state index is 11.2. The number of piperidine rings is 1. The summed E-state index contributed by atoms with van der Waals surface area (Å²) < 4.78 is 0. The van der Waals surface area contributed by atoms with Crippen molar-refractivity contribution in [3.63, 3.8) is 0 Å². The molecule has 0 saturated carbocycles. The first-order chi connectivity index (χ1) is 9.01. The fourth-order valence-electron chi connectivity index (χ4n) is 2.89. The van der Waals surface area contributed by atoms with E-state index < -0.39 is 4.92 Å². The van der Waals surface area contributed by atoms with E-state index in [1.165, 1.54) is 6.07 Å². The highest BCUT2D eigenvalue weighted by atomic mass is 16.6. The molecule has 0 amide bonds. The number of anilines is 1. The lowest BCUT2D eigenvalue weighted by molar-refractivity contribution is -0.384. The lowest BCUT2D eigenvalue weighted by Gasteiger charge is -2.36. The number of benzene rings is 1. The topological polar surface area (TPSA) is 63.5 Å². The third-order valence-electron chi connectivity index (χ3n) is 3.54. The zero-order valence-corrected chi connectivity index (χ0v) is 11.2. The van der Waals surface area contributed by atoms with Gasteiger partial charge >= 0.3 is 0 Å².